The first-order valence-corrected chi connectivity index (χ1v) is 5.44. The first-order chi connectivity index (χ1) is 7.85. The summed E-state index contributed by atoms with van der Waals surface area (Å²) in [6.07, 6.45) is 2.33. The molecule has 1 atom stereocenters. The van der Waals surface area contributed by atoms with Crippen molar-refractivity contribution < 1.29 is 14.0 Å². The van der Waals surface area contributed by atoms with Crippen LogP contribution in [-0.4, -0.2) is 37.5 Å². The van der Waals surface area contributed by atoms with Crippen molar-refractivity contribution >= 4 is 6.01 Å². The molecule has 0 amide bonds. The average Bonchev–Trinajstić information content (AvgIpc) is 3.01. The minimum absolute atomic E-state index is 0.0262. The average molecular weight is 227 g/mol. The lowest BCUT2D eigenvalue weighted by Gasteiger charge is -2.08. The minimum Gasteiger partial charge on any atom is -0.383 e. The maximum atomic E-state index is 5.36. The van der Waals surface area contributed by atoms with E-state index in [-0.39, 0.29) is 6.10 Å². The number of ether oxygens (including phenoxy) is 2. The number of methoxy groups -OCH3 is 2. The lowest BCUT2D eigenvalue weighted by molar-refractivity contribution is 0.0751. The van der Waals surface area contributed by atoms with E-state index in [2.05, 4.69) is 15.5 Å². The molecule has 0 bridgehead atoms. The summed E-state index contributed by atoms with van der Waals surface area (Å²) >= 11 is 0. The SMILES string of the molecule is COCCNc1nc(C(OC)C2CC2)no1. The fourth-order valence-electron chi connectivity index (χ4n) is 1.59. The Morgan fingerprint density at radius 1 is 1.50 bits per heavy atom. The van der Waals surface area contributed by atoms with Crippen LogP contribution in [0.25, 0.3) is 0 Å². The quantitative estimate of drug-likeness (QED) is 0.706. The molecule has 6 heteroatoms. The van der Waals surface area contributed by atoms with E-state index in [0.29, 0.717) is 30.9 Å². The minimum atomic E-state index is -0.0262. The van der Waals surface area contributed by atoms with E-state index in [1.165, 1.54) is 12.8 Å². The zero-order valence-corrected chi connectivity index (χ0v) is 9.60. The molecule has 1 fully saturated rings. The van der Waals surface area contributed by atoms with Crippen LogP contribution in [0.2, 0.25) is 0 Å². The van der Waals surface area contributed by atoms with Gasteiger partial charge in [0.2, 0.25) is 5.82 Å². The van der Waals surface area contributed by atoms with Crippen LogP contribution >= 0.6 is 0 Å². The molecule has 0 spiro atoms. The van der Waals surface area contributed by atoms with Gasteiger partial charge in [0, 0.05) is 20.8 Å². The van der Waals surface area contributed by atoms with Gasteiger partial charge in [0.15, 0.2) is 0 Å². The maximum absolute atomic E-state index is 5.36. The number of hydrogen-bond acceptors (Lipinski definition) is 6. The molecule has 0 radical (unpaired) electrons. The van der Waals surface area contributed by atoms with Crippen LogP contribution in [0.15, 0.2) is 4.52 Å². The Bertz CT molecular complexity index is 325. The molecule has 1 aromatic heterocycles. The Morgan fingerprint density at radius 2 is 2.31 bits per heavy atom. The molecular formula is C10H17N3O3. The number of aromatic nitrogens is 2. The van der Waals surface area contributed by atoms with Crippen molar-refractivity contribution in [1.82, 2.24) is 10.1 Å². The molecule has 1 N–H and O–H groups in total. The van der Waals surface area contributed by atoms with Crippen LogP contribution in [0.3, 0.4) is 0 Å². The smallest absolute Gasteiger partial charge is 0.321 e. The molecule has 0 saturated heterocycles. The highest BCUT2D eigenvalue weighted by atomic mass is 16.5. The van der Waals surface area contributed by atoms with Crippen molar-refractivity contribution in [3.05, 3.63) is 5.82 Å². The molecule has 16 heavy (non-hydrogen) atoms. The number of hydrogen-bond donors (Lipinski definition) is 1. The predicted octanol–water partition coefficient (Wildman–Crippen LogP) is 1.23. The molecule has 6 nitrogen and oxygen atoms in total. The summed E-state index contributed by atoms with van der Waals surface area (Å²) in [7, 11) is 3.33. The third kappa shape index (κ3) is 2.70. The lowest BCUT2D eigenvalue weighted by Crippen LogP contribution is -2.09. The van der Waals surface area contributed by atoms with Crippen LogP contribution in [0.4, 0.5) is 6.01 Å². The van der Waals surface area contributed by atoms with Gasteiger partial charge in [0.1, 0.15) is 6.10 Å². The zero-order chi connectivity index (χ0) is 11.4. The van der Waals surface area contributed by atoms with Gasteiger partial charge in [0.25, 0.3) is 0 Å². The van der Waals surface area contributed by atoms with Crippen LogP contribution in [-0.2, 0) is 9.47 Å². The Kier molecular flexibility index (Phi) is 3.74. The van der Waals surface area contributed by atoms with Crippen LogP contribution in [0, 0.1) is 5.92 Å². The van der Waals surface area contributed by atoms with Gasteiger partial charge in [-0.2, -0.15) is 4.98 Å². The fourth-order valence-corrected chi connectivity index (χ4v) is 1.59. The summed E-state index contributed by atoms with van der Waals surface area (Å²) in [5.41, 5.74) is 0. The van der Waals surface area contributed by atoms with Crippen molar-refractivity contribution in [2.75, 3.05) is 32.7 Å². The summed E-state index contributed by atoms with van der Waals surface area (Å²) < 4.78 is 15.3. The van der Waals surface area contributed by atoms with E-state index in [1.807, 2.05) is 0 Å². The van der Waals surface area contributed by atoms with Gasteiger partial charge in [-0.1, -0.05) is 5.16 Å². The second kappa shape index (κ2) is 5.27. The molecule has 1 unspecified atom stereocenters. The maximum Gasteiger partial charge on any atom is 0.321 e. The standard InChI is InChI=1S/C10H17N3O3/c1-14-6-5-11-10-12-9(13-16-10)8(15-2)7-3-4-7/h7-8H,3-6H2,1-2H3,(H,11,12,13). The fraction of sp³-hybridized carbons (Fsp3) is 0.800. The van der Waals surface area contributed by atoms with Crippen molar-refractivity contribution in [2.45, 2.75) is 18.9 Å². The summed E-state index contributed by atoms with van der Waals surface area (Å²) in [4.78, 5) is 4.25. The van der Waals surface area contributed by atoms with Crippen molar-refractivity contribution in [1.29, 1.82) is 0 Å². The normalized spacial score (nSPS) is 17.4. The van der Waals surface area contributed by atoms with Gasteiger partial charge in [-0.15, -0.1) is 0 Å². The summed E-state index contributed by atoms with van der Waals surface area (Å²) in [5, 5.41) is 6.90. The van der Waals surface area contributed by atoms with Crippen molar-refractivity contribution in [3.8, 4) is 0 Å². The van der Waals surface area contributed by atoms with Gasteiger partial charge < -0.3 is 19.3 Å². The molecule has 90 valence electrons. The van der Waals surface area contributed by atoms with Crippen LogP contribution in [0.1, 0.15) is 24.8 Å². The monoisotopic (exact) mass is 227 g/mol. The molecule has 0 aliphatic heterocycles. The topological polar surface area (TPSA) is 69.4 Å². The van der Waals surface area contributed by atoms with Gasteiger partial charge >= 0.3 is 6.01 Å². The molecule has 0 aromatic carbocycles. The molecule has 1 saturated carbocycles. The number of rotatable bonds is 7. The number of nitrogens with one attached hydrogen (secondary N) is 1. The highest BCUT2D eigenvalue weighted by Crippen LogP contribution is 2.42. The first kappa shape index (κ1) is 11.3. The second-order valence-electron chi connectivity index (χ2n) is 3.87. The van der Waals surface area contributed by atoms with E-state index in [4.69, 9.17) is 14.0 Å². The van der Waals surface area contributed by atoms with Crippen molar-refractivity contribution in [3.63, 3.8) is 0 Å². The molecule has 1 aliphatic rings. The summed E-state index contributed by atoms with van der Waals surface area (Å²) in [6, 6.07) is 0.426. The van der Waals surface area contributed by atoms with Crippen LogP contribution in [0.5, 0.6) is 0 Å². The summed E-state index contributed by atoms with van der Waals surface area (Å²) in [6.45, 7) is 1.26. The van der Waals surface area contributed by atoms with Gasteiger partial charge in [-0.05, 0) is 18.8 Å². The van der Waals surface area contributed by atoms with Gasteiger partial charge in [-0.25, -0.2) is 0 Å². The third-order valence-electron chi connectivity index (χ3n) is 2.58. The molecule has 2 rings (SSSR count). The zero-order valence-electron chi connectivity index (χ0n) is 9.60. The number of nitrogens with zero attached hydrogens (tertiary/aromatic N) is 2. The van der Waals surface area contributed by atoms with Crippen molar-refractivity contribution in [2.24, 2.45) is 5.92 Å². The third-order valence-corrected chi connectivity index (χ3v) is 2.58. The molecular weight excluding hydrogens is 210 g/mol. The van der Waals surface area contributed by atoms with E-state index in [9.17, 15) is 0 Å². The molecule has 1 aromatic rings. The summed E-state index contributed by atoms with van der Waals surface area (Å²) in [5.74, 6) is 1.18. The molecule has 1 aliphatic carbocycles. The Balaban J connectivity index is 1.90. The first-order valence-electron chi connectivity index (χ1n) is 5.44. The Labute approximate surface area is 94.3 Å². The van der Waals surface area contributed by atoms with E-state index < -0.39 is 0 Å². The second-order valence-corrected chi connectivity index (χ2v) is 3.87. The van der Waals surface area contributed by atoms with E-state index >= 15 is 0 Å². The number of anilines is 1. The largest absolute Gasteiger partial charge is 0.383 e. The van der Waals surface area contributed by atoms with E-state index in [0.717, 1.165) is 0 Å². The molecule has 1 heterocycles. The lowest BCUT2D eigenvalue weighted by atomic mass is 10.2. The Morgan fingerprint density at radius 3 is 2.94 bits per heavy atom. The van der Waals surface area contributed by atoms with Gasteiger partial charge in [-0.3, -0.25) is 0 Å². The Hall–Kier alpha value is -1.14. The van der Waals surface area contributed by atoms with Crippen LogP contribution < -0.4 is 5.32 Å². The van der Waals surface area contributed by atoms with Gasteiger partial charge in [0.05, 0.1) is 6.61 Å². The highest BCUT2D eigenvalue weighted by Gasteiger charge is 2.35. The predicted molar refractivity (Wildman–Crippen MR) is 57.1 cm³/mol. The van der Waals surface area contributed by atoms with E-state index in [1.54, 1.807) is 14.2 Å². The highest BCUT2D eigenvalue weighted by molar-refractivity contribution is 5.19.